The normalized spacial score (nSPS) is 8.03. The largest absolute Gasteiger partial charge is 0 e. The summed E-state index contributed by atoms with van der Waals surface area (Å²) in [5.74, 6) is -0.175. The van der Waals surface area contributed by atoms with Crippen LogP contribution in [0.3, 0.4) is 0 Å². The number of methoxy groups -OCH3 is 1. The van der Waals surface area contributed by atoms with Crippen molar-refractivity contribution in [3.63, 3.8) is 0 Å². The molecule has 0 aliphatic rings. The molecule has 1 aromatic rings. The van der Waals surface area contributed by atoms with Crippen LogP contribution in [-0.2, 0) is 71.0 Å². The molecule has 0 aliphatic carbocycles. The van der Waals surface area contributed by atoms with E-state index >= 15 is 0 Å². The minimum atomic E-state index is -4.63. The molecule has 1 atom stereocenters. The molecule has 0 N–H and O–H groups in total. The van der Waals surface area contributed by atoms with Crippen molar-refractivity contribution in [3.8, 4) is 5.75 Å². The van der Waals surface area contributed by atoms with Gasteiger partial charge >= 0.3 is 80.0 Å². The zero-order valence-electron chi connectivity index (χ0n) is 16.4. The molecule has 0 fully saturated rings. The van der Waals surface area contributed by atoms with E-state index in [9.17, 15) is 18.0 Å². The second kappa shape index (κ2) is 43.4. The van der Waals surface area contributed by atoms with Crippen molar-refractivity contribution in [1.29, 1.82) is 0 Å². The smallest absolute Gasteiger partial charge is 0 e. The molecule has 0 amide bonds. The van der Waals surface area contributed by atoms with Crippen molar-refractivity contribution >= 4 is 5.97 Å². The number of esters is 1. The Balaban J connectivity index is -0.0000000646. The Bertz CT molecular complexity index is 659. The van der Waals surface area contributed by atoms with Crippen LogP contribution in [0.1, 0.15) is 18.6 Å². The Hall–Kier alpha value is -2.53. The first kappa shape index (κ1) is 52.4. The average molecular weight is 558 g/mol. The Labute approximate surface area is 208 Å². The molecule has 9 nitrogen and oxygen atoms in total. The third-order valence-corrected chi connectivity index (χ3v) is 2.05. The number of benzene rings is 1. The van der Waals surface area contributed by atoms with Gasteiger partial charge in [0.15, 0.2) is 6.10 Å². The number of ether oxygens (including phenoxy) is 2. The fourth-order valence-electron chi connectivity index (χ4n) is 1.27. The molecular weight excluding hydrogens is 547 g/mol. The van der Waals surface area contributed by atoms with Crippen LogP contribution in [0.2, 0.25) is 0 Å². The SMILES string of the molecule is COc1ccc(C([C]=[C]C(F)(F)F)OC(C)=O)cc1.[C-]#[O+].[C-]#[O+].[C-]#[O+].[C-]#[O+].[C-]#[O+].[C-]#[O+].[Co].[Co]. The van der Waals surface area contributed by atoms with Gasteiger partial charge in [-0.05, 0) is 17.7 Å². The number of carbonyl (C=O) groups excluding carboxylic acids is 1. The van der Waals surface area contributed by atoms with Gasteiger partial charge in [-0.25, -0.2) is 0 Å². The van der Waals surface area contributed by atoms with Crippen LogP contribution < -0.4 is 4.74 Å². The maximum Gasteiger partial charge on any atom is 0 e. The van der Waals surface area contributed by atoms with Gasteiger partial charge in [0, 0.05) is 46.6 Å². The fraction of sp³-hybridized carbons (Fsp3) is 0.211. The predicted octanol–water partition coefficient (Wildman–Crippen LogP) is 2.79. The van der Waals surface area contributed by atoms with Gasteiger partial charge in [-0.2, -0.15) is 13.2 Å². The van der Waals surface area contributed by atoms with Crippen molar-refractivity contribution in [2.45, 2.75) is 19.2 Å². The van der Waals surface area contributed by atoms with E-state index in [4.69, 9.17) is 37.4 Å². The minimum Gasteiger partial charge on any atom is 0 e. The van der Waals surface area contributed by atoms with Gasteiger partial charge in [0.25, 0.3) is 0 Å². The zero-order valence-corrected chi connectivity index (χ0v) is 18.4. The van der Waals surface area contributed by atoms with Crippen LogP contribution in [0.4, 0.5) is 13.2 Å². The third kappa shape index (κ3) is 40.4. The van der Waals surface area contributed by atoms with E-state index in [2.05, 4.69) is 39.9 Å². The summed E-state index contributed by atoms with van der Waals surface area (Å²) in [6.07, 6.45) is -2.91. The topological polar surface area (TPSA) is 155 Å². The Kier molecular flexibility index (Phi) is 68.9. The molecule has 14 heteroatoms. The van der Waals surface area contributed by atoms with E-state index in [1.807, 2.05) is 6.08 Å². The van der Waals surface area contributed by atoms with Crippen molar-refractivity contribution < 1.29 is 88.9 Å². The molecule has 4 radical (unpaired) electrons. The Morgan fingerprint density at radius 1 is 0.848 bits per heavy atom. The van der Waals surface area contributed by atoms with Crippen LogP contribution in [0.15, 0.2) is 24.3 Å². The Morgan fingerprint density at radius 2 is 1.18 bits per heavy atom. The molecule has 0 saturated carbocycles. The summed E-state index contributed by atoms with van der Waals surface area (Å²) in [5, 5.41) is 0. The molecule has 180 valence electrons. The number of allylic oxidation sites excluding steroid dienone is 1. The summed E-state index contributed by atoms with van der Waals surface area (Å²) in [7, 11) is 1.46. The average Bonchev–Trinajstić information content (AvgIpc) is 2.84. The number of halogens is 3. The quantitative estimate of drug-likeness (QED) is 0.317. The molecule has 0 spiro atoms. The molecule has 33 heavy (non-hydrogen) atoms. The first-order valence-electron chi connectivity index (χ1n) is 6.45. The maximum atomic E-state index is 12.1. The molecule has 0 saturated heterocycles. The first-order chi connectivity index (χ1) is 14.8. The van der Waals surface area contributed by atoms with Crippen LogP contribution in [0, 0.1) is 52.1 Å². The Morgan fingerprint density at radius 3 is 1.42 bits per heavy atom. The van der Waals surface area contributed by atoms with Gasteiger partial charge in [0.05, 0.1) is 13.2 Å². The van der Waals surface area contributed by atoms with E-state index in [0.717, 1.165) is 13.0 Å². The molecule has 0 aliphatic heterocycles. The fourth-order valence-corrected chi connectivity index (χ4v) is 1.27. The van der Waals surface area contributed by atoms with Crippen LogP contribution in [-0.4, -0.2) is 19.3 Å². The van der Waals surface area contributed by atoms with Gasteiger partial charge < -0.3 is 9.47 Å². The molecule has 0 aromatic heterocycles. The molecule has 1 unspecified atom stereocenters. The number of rotatable bonds is 4. The summed E-state index contributed by atoms with van der Waals surface area (Å²) < 4.78 is 90.8. The summed E-state index contributed by atoms with van der Waals surface area (Å²) >= 11 is 0. The van der Waals surface area contributed by atoms with Gasteiger partial charge in [-0.15, -0.1) is 0 Å². The van der Waals surface area contributed by atoms with E-state index in [-0.39, 0.29) is 33.6 Å². The molecule has 1 rings (SSSR count). The molecule has 0 bridgehead atoms. The van der Waals surface area contributed by atoms with E-state index in [1.54, 1.807) is 12.1 Å². The summed E-state index contributed by atoms with van der Waals surface area (Å²) in [4.78, 5) is 10.9. The monoisotopic (exact) mass is 558 g/mol. The number of alkyl halides is 3. The number of carbonyl (C=O) groups is 1. The van der Waals surface area contributed by atoms with Crippen molar-refractivity contribution in [1.82, 2.24) is 0 Å². The van der Waals surface area contributed by atoms with Crippen LogP contribution in [0.5, 0.6) is 5.75 Å². The van der Waals surface area contributed by atoms with Crippen LogP contribution in [0.25, 0.3) is 0 Å². The van der Waals surface area contributed by atoms with Crippen molar-refractivity contribution in [2.75, 3.05) is 7.11 Å². The summed E-state index contributed by atoms with van der Waals surface area (Å²) in [5.41, 5.74) is 0.341. The number of hydrogen-bond acceptors (Lipinski definition) is 3. The van der Waals surface area contributed by atoms with Crippen LogP contribution >= 0.6 is 0 Å². The van der Waals surface area contributed by atoms with Crippen molar-refractivity contribution in [2.24, 2.45) is 0 Å². The second-order valence-electron chi connectivity index (χ2n) is 3.53. The van der Waals surface area contributed by atoms with E-state index < -0.39 is 18.2 Å². The zero-order chi connectivity index (χ0) is 26.5. The molecule has 1 aromatic carbocycles. The molecular formula is C19H11Co2F3O9. The standard InChI is InChI=1S/C13H11F3O3.6CO.2Co/c1-9(17)19-12(7-8-13(14,15)16)10-3-5-11(18-2)6-4-10;6*1-2;;/h3-6,12H,1-2H3;;;;;;;;. The van der Waals surface area contributed by atoms with Gasteiger partial charge in [0.2, 0.25) is 0 Å². The van der Waals surface area contributed by atoms with Gasteiger partial charge in [0.1, 0.15) is 5.75 Å². The molecule has 0 heterocycles. The summed E-state index contributed by atoms with van der Waals surface area (Å²) in [6.45, 7) is 28.1. The minimum absolute atomic E-state index is 0. The number of hydrogen-bond donors (Lipinski definition) is 0. The first-order valence-corrected chi connectivity index (χ1v) is 6.45. The van der Waals surface area contributed by atoms with Gasteiger partial charge in [-0.3, -0.25) is 4.79 Å². The summed E-state index contributed by atoms with van der Waals surface area (Å²) in [6, 6.07) is 6.05. The van der Waals surface area contributed by atoms with Crippen molar-refractivity contribution in [3.05, 3.63) is 81.9 Å². The van der Waals surface area contributed by atoms with Gasteiger partial charge in [-0.1, -0.05) is 12.1 Å². The van der Waals surface area contributed by atoms with E-state index in [1.165, 1.54) is 19.2 Å². The predicted molar refractivity (Wildman–Crippen MR) is 83.6 cm³/mol. The van der Waals surface area contributed by atoms with E-state index in [0.29, 0.717) is 11.3 Å². The third-order valence-electron chi connectivity index (χ3n) is 2.05. The second-order valence-corrected chi connectivity index (χ2v) is 3.53. The maximum absolute atomic E-state index is 12.1.